The Morgan fingerprint density at radius 2 is 2.25 bits per heavy atom. The molecule has 24 heavy (non-hydrogen) atoms. The largest absolute Gasteiger partial charge is 0.756 e. The number of non-ortho nitro benzene ring substituents is 1. The molecule has 0 amide bonds. The molecule has 4 rings (SSSR count). The summed E-state index contributed by atoms with van der Waals surface area (Å²) in [6.45, 7) is -0.300. The highest BCUT2D eigenvalue weighted by atomic mass is 31.2. The molecule has 12 nitrogen and oxygen atoms in total. The van der Waals surface area contributed by atoms with E-state index in [0.717, 1.165) is 4.68 Å². The molecule has 0 spiro atoms. The molecule has 0 saturated carbocycles. The second-order valence-electron chi connectivity index (χ2n) is 5.30. The zero-order chi connectivity index (χ0) is 17.1. The van der Waals surface area contributed by atoms with E-state index in [4.69, 9.17) is 9.26 Å². The van der Waals surface area contributed by atoms with Gasteiger partial charge in [-0.15, -0.1) is 5.10 Å². The van der Waals surface area contributed by atoms with Crippen molar-refractivity contribution in [3.63, 3.8) is 0 Å². The van der Waals surface area contributed by atoms with E-state index >= 15 is 0 Å². The molecule has 2 saturated heterocycles. The molecule has 0 bridgehead atoms. The third-order valence-electron chi connectivity index (χ3n) is 3.88. The number of aliphatic hydroxyl groups excluding tert-OH is 1. The number of aromatic nitrogens is 3. The topological polar surface area (TPSA) is 162 Å². The zero-order valence-corrected chi connectivity index (χ0v) is 12.7. The van der Waals surface area contributed by atoms with Gasteiger partial charge in [0.1, 0.15) is 18.3 Å². The lowest BCUT2D eigenvalue weighted by atomic mass is 10.1. The van der Waals surface area contributed by atoms with E-state index in [1.165, 1.54) is 18.2 Å². The van der Waals surface area contributed by atoms with Gasteiger partial charge >= 0.3 is 0 Å². The van der Waals surface area contributed by atoms with Crippen molar-refractivity contribution in [2.24, 2.45) is 0 Å². The van der Waals surface area contributed by atoms with Gasteiger partial charge in [0.2, 0.25) is 0 Å². The Bertz CT molecular complexity index is 871. The van der Waals surface area contributed by atoms with Crippen LogP contribution in [-0.2, 0) is 18.3 Å². The molecule has 3 heterocycles. The fraction of sp³-hybridized carbons (Fsp3) is 0.455. The summed E-state index contributed by atoms with van der Waals surface area (Å²) < 4.78 is 27.4. The summed E-state index contributed by atoms with van der Waals surface area (Å²) in [6.07, 6.45) is -4.46. The number of phosphoric acid groups is 1. The molecule has 2 aliphatic heterocycles. The maximum absolute atomic E-state index is 11.4. The zero-order valence-electron chi connectivity index (χ0n) is 11.8. The normalized spacial score (nSPS) is 35.9. The Morgan fingerprint density at radius 1 is 1.46 bits per heavy atom. The van der Waals surface area contributed by atoms with Crippen LogP contribution in [0, 0.1) is 10.1 Å². The first-order valence-corrected chi connectivity index (χ1v) is 8.29. The summed E-state index contributed by atoms with van der Waals surface area (Å²) in [4.78, 5) is 21.8. The molecular formula is C11H10N4O8P-. The molecule has 128 valence electrons. The van der Waals surface area contributed by atoms with Crippen molar-refractivity contribution in [1.29, 1.82) is 0 Å². The van der Waals surface area contributed by atoms with Gasteiger partial charge in [0.15, 0.2) is 11.7 Å². The van der Waals surface area contributed by atoms with Crippen molar-refractivity contribution < 1.29 is 33.3 Å². The lowest BCUT2D eigenvalue weighted by Crippen LogP contribution is -2.41. The molecule has 2 aromatic rings. The number of nitrogens with zero attached hydrogens (tertiary/aromatic N) is 4. The quantitative estimate of drug-likeness (QED) is 0.420. The van der Waals surface area contributed by atoms with Crippen LogP contribution in [0.3, 0.4) is 0 Å². The number of fused-ring (bicyclic) bond motifs is 2. The molecule has 2 fully saturated rings. The van der Waals surface area contributed by atoms with Gasteiger partial charge in [0, 0.05) is 6.07 Å². The summed E-state index contributed by atoms with van der Waals surface area (Å²) in [5, 5.41) is 28.9. The second kappa shape index (κ2) is 5.28. The molecule has 1 N–H and O–H groups in total. The first kappa shape index (κ1) is 15.6. The minimum Gasteiger partial charge on any atom is -0.756 e. The van der Waals surface area contributed by atoms with Gasteiger partial charge < -0.3 is 23.8 Å². The number of phosphoric ester groups is 1. The highest BCUT2D eigenvalue weighted by molar-refractivity contribution is 7.45. The maximum Gasteiger partial charge on any atom is 0.299 e. The van der Waals surface area contributed by atoms with Crippen LogP contribution in [0.5, 0.6) is 0 Å². The number of benzene rings is 1. The van der Waals surface area contributed by atoms with E-state index in [1.54, 1.807) is 0 Å². The molecule has 0 radical (unpaired) electrons. The summed E-state index contributed by atoms with van der Waals surface area (Å²) in [5.74, 6) is 0. The summed E-state index contributed by atoms with van der Waals surface area (Å²) in [5.41, 5.74) is 0.0465. The van der Waals surface area contributed by atoms with Crippen molar-refractivity contribution in [1.82, 2.24) is 15.0 Å². The number of rotatable bonds is 2. The number of hydrogen-bond donors (Lipinski definition) is 1. The van der Waals surface area contributed by atoms with E-state index in [-0.39, 0.29) is 23.3 Å². The van der Waals surface area contributed by atoms with Gasteiger partial charge in [-0.1, -0.05) is 11.3 Å². The Balaban J connectivity index is 1.73. The first-order valence-electron chi connectivity index (χ1n) is 6.83. The van der Waals surface area contributed by atoms with Crippen molar-refractivity contribution >= 4 is 24.5 Å². The smallest absolute Gasteiger partial charge is 0.299 e. The van der Waals surface area contributed by atoms with Crippen molar-refractivity contribution in [2.75, 3.05) is 6.61 Å². The van der Waals surface area contributed by atoms with E-state index in [1.807, 2.05) is 0 Å². The molecule has 1 unspecified atom stereocenters. The fourth-order valence-corrected chi connectivity index (χ4v) is 3.76. The average molecular weight is 357 g/mol. The molecule has 5 atom stereocenters. The number of aliphatic hydroxyl groups is 1. The number of ether oxygens (including phenoxy) is 1. The molecule has 0 aliphatic carbocycles. The third-order valence-corrected chi connectivity index (χ3v) is 4.84. The van der Waals surface area contributed by atoms with Gasteiger partial charge in [-0.3, -0.25) is 14.7 Å². The maximum atomic E-state index is 11.4. The minimum atomic E-state index is -4.49. The monoisotopic (exact) mass is 357 g/mol. The fourth-order valence-electron chi connectivity index (χ4n) is 2.81. The van der Waals surface area contributed by atoms with Crippen molar-refractivity contribution in [3.8, 4) is 0 Å². The lowest BCUT2D eigenvalue weighted by molar-refractivity contribution is -0.383. The second-order valence-corrected chi connectivity index (χ2v) is 6.67. The van der Waals surface area contributed by atoms with Gasteiger partial charge in [0.05, 0.1) is 17.0 Å². The third kappa shape index (κ3) is 2.32. The van der Waals surface area contributed by atoms with Crippen LogP contribution in [0.4, 0.5) is 5.69 Å². The van der Waals surface area contributed by atoms with E-state index in [2.05, 4.69) is 14.8 Å². The highest BCUT2D eigenvalue weighted by Gasteiger charge is 2.50. The standard InChI is InChI=1S/C11H11N4O8P/c16-9-10-7(4-21-24(19,20)23-10)22-11(9)14-5-2-1-3-6(15(17)18)8(5)12-13-14/h1-3,7,9-11,16H,4H2,(H,19,20)/p-1/t7-,9-,10-,11-/m1/s1. The number of nitro groups is 1. The molecule has 13 heteroatoms. The summed E-state index contributed by atoms with van der Waals surface area (Å²) in [7, 11) is -4.49. The van der Waals surface area contributed by atoms with Crippen LogP contribution < -0.4 is 4.89 Å². The minimum absolute atomic E-state index is 0.0276. The lowest BCUT2D eigenvalue weighted by Gasteiger charge is -2.34. The van der Waals surface area contributed by atoms with E-state index in [9.17, 15) is 24.7 Å². The number of hydrogen-bond acceptors (Lipinski definition) is 10. The Kier molecular flexibility index (Phi) is 3.42. The van der Waals surface area contributed by atoms with E-state index in [0.29, 0.717) is 0 Å². The van der Waals surface area contributed by atoms with Crippen LogP contribution in [0.15, 0.2) is 18.2 Å². The Morgan fingerprint density at radius 3 is 3.00 bits per heavy atom. The van der Waals surface area contributed by atoms with E-state index < -0.39 is 37.3 Å². The summed E-state index contributed by atoms with van der Waals surface area (Å²) in [6, 6.07) is 4.24. The van der Waals surface area contributed by atoms with Crippen LogP contribution >= 0.6 is 7.82 Å². The van der Waals surface area contributed by atoms with Crippen LogP contribution in [-0.4, -0.2) is 49.9 Å². The predicted octanol–water partition coefficient (Wildman–Crippen LogP) is -0.518. The Labute approximate surface area is 133 Å². The molecule has 1 aromatic heterocycles. The van der Waals surface area contributed by atoms with Crippen LogP contribution in [0.1, 0.15) is 6.23 Å². The first-order chi connectivity index (χ1) is 11.4. The highest BCUT2D eigenvalue weighted by Crippen LogP contribution is 2.49. The van der Waals surface area contributed by atoms with Gasteiger partial charge in [-0.2, -0.15) is 0 Å². The van der Waals surface area contributed by atoms with Gasteiger partial charge in [-0.05, 0) is 6.07 Å². The SMILES string of the molecule is O=[N+]([O-])c1cccc2c1nnn2[C@@H]1O[C@@H]2COP(=O)([O-])O[C@H]2[C@H]1O. The molecule has 1 aromatic carbocycles. The van der Waals surface area contributed by atoms with Crippen molar-refractivity contribution in [2.45, 2.75) is 24.5 Å². The average Bonchev–Trinajstić information content (AvgIpc) is 3.08. The van der Waals surface area contributed by atoms with Gasteiger partial charge in [-0.25, -0.2) is 4.68 Å². The van der Waals surface area contributed by atoms with Crippen LogP contribution in [0.2, 0.25) is 0 Å². The van der Waals surface area contributed by atoms with Crippen molar-refractivity contribution in [3.05, 3.63) is 28.3 Å². The number of nitro benzene ring substituents is 1. The van der Waals surface area contributed by atoms with Crippen LogP contribution in [0.25, 0.3) is 11.0 Å². The van der Waals surface area contributed by atoms with Gasteiger partial charge in [0.25, 0.3) is 13.5 Å². The molecular weight excluding hydrogens is 347 g/mol. The predicted molar refractivity (Wildman–Crippen MR) is 72.5 cm³/mol. The molecule has 2 aliphatic rings. The summed E-state index contributed by atoms with van der Waals surface area (Å²) >= 11 is 0. The Hall–Kier alpha value is -1.95.